The van der Waals surface area contributed by atoms with Crippen molar-refractivity contribution >= 4 is 11.6 Å². The van der Waals surface area contributed by atoms with E-state index in [1.807, 2.05) is 24.3 Å². The van der Waals surface area contributed by atoms with Crippen LogP contribution in [0.5, 0.6) is 0 Å². The first-order valence-corrected chi connectivity index (χ1v) is 5.93. The molecule has 0 saturated carbocycles. The molecule has 0 spiro atoms. The van der Waals surface area contributed by atoms with Crippen molar-refractivity contribution in [1.29, 1.82) is 0 Å². The molecule has 1 aromatic carbocycles. The highest BCUT2D eigenvalue weighted by Crippen LogP contribution is 2.12. The molecule has 18 heavy (non-hydrogen) atoms. The smallest absolute Gasteiger partial charge is 0.258 e. The van der Waals surface area contributed by atoms with Crippen LogP contribution in [-0.4, -0.2) is 12.5 Å². The van der Waals surface area contributed by atoms with Gasteiger partial charge < -0.3 is 15.1 Å². The van der Waals surface area contributed by atoms with E-state index < -0.39 is 0 Å². The number of rotatable bonds is 5. The minimum Gasteiger partial charge on any atom is -0.472 e. The summed E-state index contributed by atoms with van der Waals surface area (Å²) in [6, 6.07) is 9.42. The number of furan rings is 1. The van der Waals surface area contributed by atoms with Crippen molar-refractivity contribution in [3.05, 3.63) is 54.0 Å². The molecule has 1 aromatic heterocycles. The SMILES string of the molecule is CCNCc1cccc(NC(=O)c2ccoc2)c1. The Balaban J connectivity index is 2.03. The van der Waals surface area contributed by atoms with Crippen molar-refractivity contribution in [2.75, 3.05) is 11.9 Å². The zero-order valence-electron chi connectivity index (χ0n) is 10.3. The molecule has 4 heteroatoms. The molecule has 0 radical (unpaired) electrons. The highest BCUT2D eigenvalue weighted by molar-refractivity contribution is 6.03. The van der Waals surface area contributed by atoms with Crippen molar-refractivity contribution in [2.45, 2.75) is 13.5 Å². The van der Waals surface area contributed by atoms with E-state index in [2.05, 4.69) is 17.6 Å². The lowest BCUT2D eigenvalue weighted by Gasteiger charge is -2.06. The molecule has 2 N–H and O–H groups in total. The fraction of sp³-hybridized carbons (Fsp3) is 0.214. The van der Waals surface area contributed by atoms with Crippen molar-refractivity contribution in [3.63, 3.8) is 0 Å². The van der Waals surface area contributed by atoms with E-state index in [-0.39, 0.29) is 5.91 Å². The maximum atomic E-state index is 11.8. The van der Waals surface area contributed by atoms with Crippen LogP contribution in [0.4, 0.5) is 5.69 Å². The van der Waals surface area contributed by atoms with Crippen LogP contribution in [0.2, 0.25) is 0 Å². The Morgan fingerprint density at radius 1 is 1.33 bits per heavy atom. The lowest BCUT2D eigenvalue weighted by molar-refractivity contribution is 0.102. The van der Waals surface area contributed by atoms with Gasteiger partial charge in [-0.25, -0.2) is 0 Å². The van der Waals surface area contributed by atoms with Gasteiger partial charge in [-0.3, -0.25) is 4.79 Å². The highest BCUT2D eigenvalue weighted by atomic mass is 16.3. The van der Waals surface area contributed by atoms with E-state index in [9.17, 15) is 4.79 Å². The first-order chi connectivity index (χ1) is 8.79. The van der Waals surface area contributed by atoms with Crippen LogP contribution >= 0.6 is 0 Å². The Hall–Kier alpha value is -2.07. The Bertz CT molecular complexity index is 506. The topological polar surface area (TPSA) is 54.3 Å². The monoisotopic (exact) mass is 244 g/mol. The van der Waals surface area contributed by atoms with E-state index in [4.69, 9.17) is 4.42 Å². The third-order valence-electron chi connectivity index (χ3n) is 2.55. The molecule has 0 bridgehead atoms. The molecule has 2 aromatic rings. The predicted octanol–water partition coefficient (Wildman–Crippen LogP) is 2.64. The van der Waals surface area contributed by atoms with Gasteiger partial charge in [0.1, 0.15) is 6.26 Å². The van der Waals surface area contributed by atoms with Gasteiger partial charge in [0.25, 0.3) is 5.91 Å². The van der Waals surface area contributed by atoms with Gasteiger partial charge in [-0.1, -0.05) is 19.1 Å². The number of carbonyl (C=O) groups is 1. The Kier molecular flexibility index (Phi) is 4.15. The molecule has 0 aliphatic carbocycles. The van der Waals surface area contributed by atoms with Gasteiger partial charge in [-0.15, -0.1) is 0 Å². The quantitative estimate of drug-likeness (QED) is 0.850. The molecule has 4 nitrogen and oxygen atoms in total. The zero-order valence-corrected chi connectivity index (χ0v) is 10.3. The number of hydrogen-bond acceptors (Lipinski definition) is 3. The molecular formula is C14H16N2O2. The van der Waals surface area contributed by atoms with Crippen molar-refractivity contribution < 1.29 is 9.21 Å². The summed E-state index contributed by atoms with van der Waals surface area (Å²) in [5, 5.41) is 6.08. The molecular weight excluding hydrogens is 228 g/mol. The van der Waals surface area contributed by atoms with Crippen LogP contribution in [0.3, 0.4) is 0 Å². The van der Waals surface area contributed by atoms with E-state index in [0.717, 1.165) is 24.3 Å². The molecule has 2 rings (SSSR count). The second-order valence-electron chi connectivity index (χ2n) is 3.95. The number of hydrogen-bond donors (Lipinski definition) is 2. The molecule has 0 fully saturated rings. The maximum Gasteiger partial charge on any atom is 0.258 e. The van der Waals surface area contributed by atoms with Crippen LogP contribution in [0.1, 0.15) is 22.8 Å². The van der Waals surface area contributed by atoms with Crippen LogP contribution in [0, 0.1) is 0 Å². The molecule has 0 atom stereocenters. The Labute approximate surface area is 106 Å². The Morgan fingerprint density at radius 3 is 2.94 bits per heavy atom. The number of nitrogens with one attached hydrogen (secondary N) is 2. The van der Waals surface area contributed by atoms with Crippen molar-refractivity contribution in [2.24, 2.45) is 0 Å². The minimum absolute atomic E-state index is 0.163. The second kappa shape index (κ2) is 6.02. The molecule has 0 aliphatic rings. The van der Waals surface area contributed by atoms with E-state index >= 15 is 0 Å². The van der Waals surface area contributed by atoms with Crippen LogP contribution in [0.25, 0.3) is 0 Å². The third kappa shape index (κ3) is 3.21. The summed E-state index contributed by atoms with van der Waals surface area (Å²) in [6.07, 6.45) is 2.91. The van der Waals surface area contributed by atoms with Gasteiger partial charge in [-0.2, -0.15) is 0 Å². The molecule has 1 amide bonds. The van der Waals surface area contributed by atoms with E-state index in [1.54, 1.807) is 6.07 Å². The van der Waals surface area contributed by atoms with Gasteiger partial charge in [0.15, 0.2) is 0 Å². The van der Waals surface area contributed by atoms with E-state index in [1.165, 1.54) is 12.5 Å². The van der Waals surface area contributed by atoms with Crippen LogP contribution < -0.4 is 10.6 Å². The van der Waals surface area contributed by atoms with Gasteiger partial charge in [0.2, 0.25) is 0 Å². The van der Waals surface area contributed by atoms with Gasteiger partial charge in [0, 0.05) is 12.2 Å². The summed E-state index contributed by atoms with van der Waals surface area (Å²) in [5.41, 5.74) is 2.45. The average Bonchev–Trinajstić information content (AvgIpc) is 2.91. The minimum atomic E-state index is -0.163. The van der Waals surface area contributed by atoms with Gasteiger partial charge in [-0.05, 0) is 30.3 Å². The molecule has 0 saturated heterocycles. The summed E-state index contributed by atoms with van der Waals surface area (Å²) < 4.78 is 4.88. The highest BCUT2D eigenvalue weighted by Gasteiger charge is 2.07. The van der Waals surface area contributed by atoms with Crippen molar-refractivity contribution in [1.82, 2.24) is 5.32 Å². The number of benzene rings is 1. The lowest BCUT2D eigenvalue weighted by Crippen LogP contribution is -2.13. The van der Waals surface area contributed by atoms with E-state index in [0.29, 0.717) is 5.56 Å². The van der Waals surface area contributed by atoms with Crippen LogP contribution in [-0.2, 0) is 6.54 Å². The fourth-order valence-corrected chi connectivity index (χ4v) is 1.63. The predicted molar refractivity (Wildman–Crippen MR) is 70.5 cm³/mol. The first-order valence-electron chi connectivity index (χ1n) is 5.93. The average molecular weight is 244 g/mol. The molecule has 0 unspecified atom stereocenters. The second-order valence-corrected chi connectivity index (χ2v) is 3.95. The fourth-order valence-electron chi connectivity index (χ4n) is 1.63. The first kappa shape index (κ1) is 12.4. The molecule has 0 aliphatic heterocycles. The molecule has 94 valence electrons. The number of anilines is 1. The number of amides is 1. The summed E-state index contributed by atoms with van der Waals surface area (Å²) in [5.74, 6) is -0.163. The largest absolute Gasteiger partial charge is 0.472 e. The summed E-state index contributed by atoms with van der Waals surface area (Å²) in [4.78, 5) is 11.8. The Morgan fingerprint density at radius 2 is 2.22 bits per heavy atom. The maximum absolute atomic E-state index is 11.8. The van der Waals surface area contributed by atoms with Gasteiger partial charge in [0.05, 0.1) is 11.8 Å². The normalized spacial score (nSPS) is 10.3. The summed E-state index contributed by atoms with van der Waals surface area (Å²) in [7, 11) is 0. The molecule has 1 heterocycles. The number of carbonyl (C=O) groups excluding carboxylic acids is 1. The zero-order chi connectivity index (χ0) is 12.8. The van der Waals surface area contributed by atoms with Crippen LogP contribution in [0.15, 0.2) is 47.3 Å². The van der Waals surface area contributed by atoms with Crippen molar-refractivity contribution in [3.8, 4) is 0 Å². The summed E-state index contributed by atoms with van der Waals surface area (Å²) in [6.45, 7) is 3.78. The summed E-state index contributed by atoms with van der Waals surface area (Å²) >= 11 is 0. The van der Waals surface area contributed by atoms with Gasteiger partial charge >= 0.3 is 0 Å². The standard InChI is InChI=1S/C14H16N2O2/c1-2-15-9-11-4-3-5-13(8-11)16-14(17)12-6-7-18-10-12/h3-8,10,15H,2,9H2,1H3,(H,16,17). The third-order valence-corrected chi connectivity index (χ3v) is 2.55. The lowest BCUT2D eigenvalue weighted by atomic mass is 10.2.